The van der Waals surface area contributed by atoms with Crippen LogP contribution in [0.15, 0.2) is 24.3 Å². The highest BCUT2D eigenvalue weighted by Gasteiger charge is 2.25. The van der Waals surface area contributed by atoms with Gasteiger partial charge in [-0.25, -0.2) is 9.18 Å². The van der Waals surface area contributed by atoms with Crippen LogP contribution in [-0.2, 0) is 25.5 Å². The van der Waals surface area contributed by atoms with Gasteiger partial charge in [0.05, 0.1) is 19.6 Å². The first-order chi connectivity index (χ1) is 11.6. The minimum atomic E-state index is -0.929. The summed E-state index contributed by atoms with van der Waals surface area (Å²) in [6, 6.07) is 4.83. The van der Waals surface area contributed by atoms with E-state index in [-0.39, 0.29) is 25.0 Å². The molecule has 1 atom stereocenters. The summed E-state index contributed by atoms with van der Waals surface area (Å²) in [7, 11) is 1.23. The van der Waals surface area contributed by atoms with Crippen molar-refractivity contribution in [3.05, 3.63) is 35.6 Å². The van der Waals surface area contributed by atoms with Crippen molar-refractivity contribution in [2.45, 2.75) is 51.7 Å². The Bertz CT molecular complexity index is 624. The van der Waals surface area contributed by atoms with Gasteiger partial charge in [0, 0.05) is 6.42 Å². The molecule has 1 N–H and O–H groups in total. The first-order valence-corrected chi connectivity index (χ1v) is 7.94. The Balaban J connectivity index is 2.83. The third-order valence-corrected chi connectivity index (χ3v) is 3.21. The van der Waals surface area contributed by atoms with Gasteiger partial charge in [0.2, 0.25) is 0 Å². The van der Waals surface area contributed by atoms with Gasteiger partial charge in [-0.05, 0) is 44.9 Å². The number of carbonyl (C=O) groups is 3. The van der Waals surface area contributed by atoms with Crippen molar-refractivity contribution in [3.63, 3.8) is 0 Å². The normalized spacial score (nSPS) is 12.2. The molecule has 0 heterocycles. The van der Waals surface area contributed by atoms with Crippen LogP contribution in [0.4, 0.5) is 9.18 Å². The lowest BCUT2D eigenvalue weighted by atomic mass is 9.99. The van der Waals surface area contributed by atoms with E-state index in [9.17, 15) is 18.8 Å². The average molecular weight is 353 g/mol. The highest BCUT2D eigenvalue weighted by atomic mass is 19.1. The summed E-state index contributed by atoms with van der Waals surface area (Å²) in [4.78, 5) is 35.6. The van der Waals surface area contributed by atoms with Crippen molar-refractivity contribution in [3.8, 4) is 0 Å². The van der Waals surface area contributed by atoms with E-state index in [1.807, 2.05) is 0 Å². The smallest absolute Gasteiger partial charge is 0.408 e. The van der Waals surface area contributed by atoms with Crippen LogP contribution in [0.1, 0.15) is 39.2 Å². The number of alkyl carbamates (subject to hydrolysis) is 1. The minimum Gasteiger partial charge on any atom is -0.469 e. The summed E-state index contributed by atoms with van der Waals surface area (Å²) in [5, 5.41) is 2.50. The lowest BCUT2D eigenvalue weighted by Crippen LogP contribution is -2.44. The van der Waals surface area contributed by atoms with E-state index >= 15 is 0 Å². The Morgan fingerprint density at radius 2 is 1.88 bits per heavy atom. The molecule has 1 aromatic carbocycles. The van der Waals surface area contributed by atoms with Crippen molar-refractivity contribution in [1.29, 1.82) is 0 Å². The van der Waals surface area contributed by atoms with Crippen molar-refractivity contribution in [2.75, 3.05) is 7.11 Å². The number of hydrogen-bond acceptors (Lipinski definition) is 5. The fourth-order valence-electron chi connectivity index (χ4n) is 2.10. The Kier molecular flexibility index (Phi) is 7.54. The maximum Gasteiger partial charge on any atom is 0.408 e. The van der Waals surface area contributed by atoms with Gasteiger partial charge in [-0.1, -0.05) is 12.1 Å². The van der Waals surface area contributed by atoms with Gasteiger partial charge in [0.25, 0.3) is 0 Å². The maximum absolute atomic E-state index is 13.3. The Labute approximate surface area is 146 Å². The third-order valence-electron chi connectivity index (χ3n) is 3.21. The average Bonchev–Trinajstić information content (AvgIpc) is 2.49. The zero-order chi connectivity index (χ0) is 19.0. The van der Waals surface area contributed by atoms with E-state index < -0.39 is 29.5 Å². The van der Waals surface area contributed by atoms with Gasteiger partial charge in [0.15, 0.2) is 5.78 Å². The van der Waals surface area contributed by atoms with Crippen LogP contribution < -0.4 is 5.32 Å². The Morgan fingerprint density at radius 3 is 2.44 bits per heavy atom. The molecule has 0 aliphatic heterocycles. The summed E-state index contributed by atoms with van der Waals surface area (Å²) >= 11 is 0. The van der Waals surface area contributed by atoms with Gasteiger partial charge in [-0.2, -0.15) is 0 Å². The molecule has 138 valence electrons. The van der Waals surface area contributed by atoms with E-state index in [1.54, 1.807) is 26.8 Å². The molecule has 0 spiro atoms. The van der Waals surface area contributed by atoms with Crippen LogP contribution >= 0.6 is 0 Å². The van der Waals surface area contributed by atoms with E-state index in [4.69, 9.17) is 4.74 Å². The second-order valence-corrected chi connectivity index (χ2v) is 6.58. The molecule has 0 aromatic heterocycles. The number of nitrogens with one attached hydrogen (secondary N) is 1. The summed E-state index contributed by atoms with van der Waals surface area (Å²) in [6.07, 6.45) is -0.843. The van der Waals surface area contributed by atoms with Crippen LogP contribution in [0.3, 0.4) is 0 Å². The third kappa shape index (κ3) is 8.28. The molecule has 25 heavy (non-hydrogen) atoms. The van der Waals surface area contributed by atoms with Crippen molar-refractivity contribution < 1.29 is 28.2 Å². The highest BCUT2D eigenvalue weighted by molar-refractivity contribution is 5.89. The van der Waals surface area contributed by atoms with Gasteiger partial charge >= 0.3 is 12.1 Å². The summed E-state index contributed by atoms with van der Waals surface area (Å²) in [5.74, 6) is -1.31. The molecule has 1 amide bonds. The van der Waals surface area contributed by atoms with Crippen LogP contribution in [0, 0.1) is 5.82 Å². The summed E-state index contributed by atoms with van der Waals surface area (Å²) < 4.78 is 23.0. The Hall–Kier alpha value is -2.44. The quantitative estimate of drug-likeness (QED) is 0.762. The number of ether oxygens (including phenoxy) is 2. The van der Waals surface area contributed by atoms with E-state index in [2.05, 4.69) is 10.1 Å². The SMILES string of the molecule is COC(=O)CCC(=O)C(Cc1cccc(F)c1)NC(=O)OC(C)(C)C. The van der Waals surface area contributed by atoms with Gasteiger partial charge in [-0.3, -0.25) is 9.59 Å². The lowest BCUT2D eigenvalue weighted by molar-refractivity contribution is -0.142. The van der Waals surface area contributed by atoms with E-state index in [1.165, 1.54) is 25.3 Å². The standard InChI is InChI=1S/C18H24FNO5/c1-18(2,3)25-17(23)20-14(15(21)8-9-16(22)24-4)11-12-6-5-7-13(19)10-12/h5-7,10,14H,8-9,11H2,1-4H3,(H,20,23). The molecule has 0 aliphatic carbocycles. The van der Waals surface area contributed by atoms with E-state index in [0.717, 1.165) is 0 Å². The predicted octanol–water partition coefficient (Wildman–Crippen LogP) is 2.78. The van der Waals surface area contributed by atoms with Crippen LogP contribution in [0.25, 0.3) is 0 Å². The predicted molar refractivity (Wildman–Crippen MR) is 89.5 cm³/mol. The molecule has 1 aromatic rings. The molecular weight excluding hydrogens is 329 g/mol. The lowest BCUT2D eigenvalue weighted by Gasteiger charge is -2.23. The first-order valence-electron chi connectivity index (χ1n) is 7.94. The van der Waals surface area contributed by atoms with Gasteiger partial charge < -0.3 is 14.8 Å². The van der Waals surface area contributed by atoms with Crippen LogP contribution in [-0.4, -0.2) is 36.6 Å². The molecule has 1 rings (SSSR count). The maximum atomic E-state index is 13.3. The van der Waals surface area contributed by atoms with Crippen molar-refractivity contribution in [2.24, 2.45) is 0 Å². The first kappa shape index (κ1) is 20.6. The molecular formula is C18H24FNO5. The zero-order valence-corrected chi connectivity index (χ0v) is 14.9. The molecule has 0 saturated heterocycles. The molecule has 0 saturated carbocycles. The fourth-order valence-corrected chi connectivity index (χ4v) is 2.10. The number of ketones is 1. The summed E-state index contributed by atoms with van der Waals surface area (Å²) in [6.45, 7) is 5.10. The fraction of sp³-hybridized carbons (Fsp3) is 0.500. The van der Waals surface area contributed by atoms with Gasteiger partial charge in [-0.15, -0.1) is 0 Å². The highest BCUT2D eigenvalue weighted by Crippen LogP contribution is 2.11. The largest absolute Gasteiger partial charge is 0.469 e. The number of halogens is 1. The second kappa shape index (κ2) is 9.15. The number of Topliss-reactive ketones (excluding diaryl/α,β-unsaturated/α-hetero) is 1. The molecule has 6 nitrogen and oxygen atoms in total. The van der Waals surface area contributed by atoms with Crippen molar-refractivity contribution in [1.82, 2.24) is 5.32 Å². The Morgan fingerprint density at radius 1 is 1.20 bits per heavy atom. The minimum absolute atomic E-state index is 0.0923. The number of amides is 1. The summed E-state index contributed by atoms with van der Waals surface area (Å²) in [5.41, 5.74) is -0.171. The number of hydrogen-bond donors (Lipinski definition) is 1. The molecule has 1 unspecified atom stereocenters. The zero-order valence-electron chi connectivity index (χ0n) is 14.9. The van der Waals surface area contributed by atoms with Crippen molar-refractivity contribution >= 4 is 17.8 Å². The van der Waals surface area contributed by atoms with Crippen LogP contribution in [0.2, 0.25) is 0 Å². The number of carbonyl (C=O) groups excluding carboxylic acids is 3. The number of esters is 1. The monoisotopic (exact) mass is 353 g/mol. The number of benzene rings is 1. The molecule has 0 aliphatic rings. The molecule has 0 radical (unpaired) electrons. The van der Waals surface area contributed by atoms with E-state index in [0.29, 0.717) is 5.56 Å². The molecule has 7 heteroatoms. The second-order valence-electron chi connectivity index (χ2n) is 6.58. The van der Waals surface area contributed by atoms with Gasteiger partial charge in [0.1, 0.15) is 11.4 Å². The number of methoxy groups -OCH3 is 1. The topological polar surface area (TPSA) is 81.7 Å². The van der Waals surface area contributed by atoms with Crippen LogP contribution in [0.5, 0.6) is 0 Å². The molecule has 0 bridgehead atoms. The number of rotatable bonds is 7. The molecule has 0 fully saturated rings.